The smallest absolute Gasteiger partial charge is 0.239 e. The molecule has 74 valence electrons. The largest absolute Gasteiger partial charge is 0.341 e. The number of hydrogen-bond acceptors (Lipinski definition) is 3. The summed E-state index contributed by atoms with van der Waals surface area (Å²) in [5.41, 5.74) is 0. The van der Waals surface area contributed by atoms with Gasteiger partial charge in [-0.05, 0) is 20.9 Å². The first kappa shape index (κ1) is 11.9. The molecule has 0 aliphatic heterocycles. The van der Waals surface area contributed by atoms with Crippen LogP contribution in [0.15, 0.2) is 0 Å². The number of carbonyl (C=O) groups is 1. The number of hydrogen-bond donors (Lipinski definition) is 1. The molecule has 0 saturated carbocycles. The zero-order valence-corrected chi connectivity index (χ0v) is 8.50. The summed E-state index contributed by atoms with van der Waals surface area (Å²) in [5.74, 6) is 0.0558. The molecule has 0 bridgehead atoms. The molecule has 4 nitrogen and oxygen atoms in total. The van der Waals surface area contributed by atoms with E-state index in [4.69, 9.17) is 5.26 Å². The van der Waals surface area contributed by atoms with E-state index >= 15 is 0 Å². The zero-order valence-electron chi connectivity index (χ0n) is 8.50. The molecule has 1 unspecified atom stereocenters. The maximum atomic E-state index is 11.6. The minimum atomic E-state index is -0.168. The van der Waals surface area contributed by atoms with Crippen molar-refractivity contribution in [2.24, 2.45) is 0 Å². The van der Waals surface area contributed by atoms with Gasteiger partial charge in [0.15, 0.2) is 0 Å². The molecule has 0 aliphatic carbocycles. The third-order valence-corrected chi connectivity index (χ3v) is 1.99. The monoisotopic (exact) mass is 183 g/mol. The van der Waals surface area contributed by atoms with Gasteiger partial charge in [-0.15, -0.1) is 0 Å². The lowest BCUT2D eigenvalue weighted by atomic mass is 10.2. The van der Waals surface area contributed by atoms with E-state index in [0.29, 0.717) is 19.5 Å². The van der Waals surface area contributed by atoms with Crippen LogP contribution >= 0.6 is 0 Å². The third-order valence-electron chi connectivity index (χ3n) is 1.99. The quantitative estimate of drug-likeness (QED) is 0.669. The van der Waals surface area contributed by atoms with E-state index < -0.39 is 0 Å². The second kappa shape index (κ2) is 6.44. The number of likely N-dealkylation sites (N-methyl/N-ethyl adjacent to an activating group) is 2. The summed E-state index contributed by atoms with van der Waals surface area (Å²) in [6.07, 6.45) is 0.399. The molecule has 13 heavy (non-hydrogen) atoms. The fraction of sp³-hybridized carbons (Fsp3) is 0.778. The molecule has 0 aromatic rings. The van der Waals surface area contributed by atoms with Crippen LogP contribution in [0.25, 0.3) is 0 Å². The normalized spacial score (nSPS) is 11.8. The summed E-state index contributed by atoms with van der Waals surface area (Å²) < 4.78 is 0. The fourth-order valence-corrected chi connectivity index (χ4v) is 1.01. The first-order valence-electron chi connectivity index (χ1n) is 4.50. The summed E-state index contributed by atoms with van der Waals surface area (Å²) in [6, 6.07) is 1.86. The molecular formula is C9H17N3O. The predicted octanol–water partition coefficient (Wildman–Crippen LogP) is 0.356. The maximum absolute atomic E-state index is 11.6. The molecule has 0 spiro atoms. The fourth-order valence-electron chi connectivity index (χ4n) is 1.01. The molecule has 1 amide bonds. The summed E-state index contributed by atoms with van der Waals surface area (Å²) in [7, 11) is 1.75. The Bertz CT molecular complexity index is 198. The highest BCUT2D eigenvalue weighted by Crippen LogP contribution is 1.96. The maximum Gasteiger partial charge on any atom is 0.239 e. The van der Waals surface area contributed by atoms with Crippen molar-refractivity contribution in [2.75, 3.05) is 20.1 Å². The van der Waals surface area contributed by atoms with Gasteiger partial charge < -0.3 is 10.2 Å². The van der Waals surface area contributed by atoms with Gasteiger partial charge in [-0.25, -0.2) is 0 Å². The molecule has 1 N–H and O–H groups in total. The van der Waals surface area contributed by atoms with Gasteiger partial charge in [-0.1, -0.05) is 0 Å². The molecule has 1 atom stereocenters. The molecule has 0 aliphatic rings. The van der Waals surface area contributed by atoms with E-state index in [9.17, 15) is 4.79 Å². The molecule has 0 rings (SSSR count). The highest BCUT2D eigenvalue weighted by atomic mass is 16.2. The Labute approximate surface area is 79.5 Å². The summed E-state index contributed by atoms with van der Waals surface area (Å²) >= 11 is 0. The average molecular weight is 183 g/mol. The standard InChI is InChI=1S/C9H17N3O/c1-4-12(7-5-6-10)9(13)8(2)11-3/h8,11H,4-5,7H2,1-3H3. The lowest BCUT2D eigenvalue weighted by Crippen LogP contribution is -2.43. The molecule has 4 heteroatoms. The second-order valence-corrected chi connectivity index (χ2v) is 2.84. The van der Waals surface area contributed by atoms with Crippen LogP contribution in [0, 0.1) is 11.3 Å². The van der Waals surface area contributed by atoms with Crippen molar-refractivity contribution in [3.8, 4) is 6.07 Å². The van der Waals surface area contributed by atoms with Gasteiger partial charge in [0.25, 0.3) is 0 Å². The highest BCUT2D eigenvalue weighted by Gasteiger charge is 2.16. The van der Waals surface area contributed by atoms with Crippen LogP contribution in [-0.4, -0.2) is 37.0 Å². The molecule has 0 heterocycles. The van der Waals surface area contributed by atoms with Crippen molar-refractivity contribution < 1.29 is 4.79 Å². The van der Waals surface area contributed by atoms with E-state index in [-0.39, 0.29) is 11.9 Å². The van der Waals surface area contributed by atoms with Gasteiger partial charge in [0.1, 0.15) is 0 Å². The van der Waals surface area contributed by atoms with Crippen molar-refractivity contribution >= 4 is 5.91 Å². The van der Waals surface area contributed by atoms with Crippen LogP contribution in [0.4, 0.5) is 0 Å². The Balaban J connectivity index is 4.08. The van der Waals surface area contributed by atoms with Crippen LogP contribution in [0.5, 0.6) is 0 Å². The Morgan fingerprint density at radius 1 is 1.69 bits per heavy atom. The zero-order chi connectivity index (χ0) is 10.3. The number of rotatable bonds is 5. The van der Waals surface area contributed by atoms with Gasteiger partial charge >= 0.3 is 0 Å². The second-order valence-electron chi connectivity index (χ2n) is 2.84. The van der Waals surface area contributed by atoms with E-state index in [1.165, 1.54) is 0 Å². The van der Waals surface area contributed by atoms with Crippen LogP contribution in [0.2, 0.25) is 0 Å². The molecule has 0 radical (unpaired) electrons. The Hall–Kier alpha value is -1.08. The number of nitriles is 1. The molecule has 0 saturated heterocycles. The van der Waals surface area contributed by atoms with E-state index in [1.54, 1.807) is 11.9 Å². The van der Waals surface area contributed by atoms with Crippen molar-refractivity contribution in [1.82, 2.24) is 10.2 Å². The predicted molar refractivity (Wildman–Crippen MR) is 51.0 cm³/mol. The highest BCUT2D eigenvalue weighted by molar-refractivity contribution is 5.81. The van der Waals surface area contributed by atoms with Crippen LogP contribution in [0.3, 0.4) is 0 Å². The van der Waals surface area contributed by atoms with Crippen molar-refractivity contribution in [3.05, 3.63) is 0 Å². The Morgan fingerprint density at radius 2 is 2.31 bits per heavy atom. The number of carbonyl (C=O) groups excluding carboxylic acids is 1. The van der Waals surface area contributed by atoms with Crippen LogP contribution in [-0.2, 0) is 4.79 Å². The first-order chi connectivity index (χ1) is 6.17. The lowest BCUT2D eigenvalue weighted by Gasteiger charge is -2.22. The third kappa shape index (κ3) is 3.90. The van der Waals surface area contributed by atoms with Gasteiger partial charge in [-0.2, -0.15) is 5.26 Å². The lowest BCUT2D eigenvalue weighted by molar-refractivity contribution is -0.132. The Kier molecular flexibility index (Phi) is 5.90. The number of nitrogens with zero attached hydrogens (tertiary/aromatic N) is 2. The van der Waals surface area contributed by atoms with E-state index in [1.807, 2.05) is 19.9 Å². The number of nitrogens with one attached hydrogen (secondary N) is 1. The summed E-state index contributed by atoms with van der Waals surface area (Å²) in [6.45, 7) is 4.92. The van der Waals surface area contributed by atoms with Crippen molar-refractivity contribution in [3.63, 3.8) is 0 Å². The van der Waals surface area contributed by atoms with Gasteiger partial charge in [0.05, 0.1) is 18.5 Å². The van der Waals surface area contributed by atoms with Crippen LogP contribution in [0.1, 0.15) is 20.3 Å². The number of amides is 1. The topological polar surface area (TPSA) is 56.1 Å². The van der Waals surface area contributed by atoms with E-state index in [0.717, 1.165) is 0 Å². The minimum absolute atomic E-state index is 0.0558. The van der Waals surface area contributed by atoms with Crippen LogP contribution < -0.4 is 5.32 Å². The SMILES string of the molecule is CCN(CCC#N)C(=O)C(C)NC. The summed E-state index contributed by atoms with van der Waals surface area (Å²) in [5, 5.41) is 11.3. The van der Waals surface area contributed by atoms with Crippen molar-refractivity contribution in [2.45, 2.75) is 26.3 Å². The van der Waals surface area contributed by atoms with Crippen molar-refractivity contribution in [1.29, 1.82) is 5.26 Å². The average Bonchev–Trinajstić information content (AvgIpc) is 2.17. The molecule has 0 aromatic carbocycles. The van der Waals surface area contributed by atoms with Gasteiger partial charge in [-0.3, -0.25) is 4.79 Å². The van der Waals surface area contributed by atoms with Gasteiger partial charge in [0, 0.05) is 13.1 Å². The molecular weight excluding hydrogens is 166 g/mol. The Morgan fingerprint density at radius 3 is 2.69 bits per heavy atom. The molecule has 0 fully saturated rings. The first-order valence-corrected chi connectivity index (χ1v) is 4.50. The van der Waals surface area contributed by atoms with Gasteiger partial charge in [0.2, 0.25) is 5.91 Å². The van der Waals surface area contributed by atoms with E-state index in [2.05, 4.69) is 5.32 Å². The minimum Gasteiger partial charge on any atom is -0.341 e. The molecule has 0 aromatic heterocycles. The summed E-state index contributed by atoms with van der Waals surface area (Å²) in [4.78, 5) is 13.3.